The number of aliphatic carboxylic acids is 1. The molecule has 0 spiro atoms. The largest absolute Gasteiger partial charge is 0.481 e. The highest BCUT2D eigenvalue weighted by Gasteiger charge is 2.22. The minimum Gasteiger partial charge on any atom is -0.481 e. The Balaban J connectivity index is 2.26. The summed E-state index contributed by atoms with van der Waals surface area (Å²) in [6.45, 7) is 7.44. The Labute approximate surface area is 108 Å². The lowest BCUT2D eigenvalue weighted by Crippen LogP contribution is -2.28. The number of rotatable bonds is 4. The van der Waals surface area contributed by atoms with E-state index in [1.165, 1.54) is 11.3 Å². The second-order valence-corrected chi connectivity index (χ2v) is 5.42. The molecule has 1 N–H and O–H groups in total. The maximum Gasteiger partial charge on any atom is 0.303 e. The third-order valence-corrected chi connectivity index (χ3v) is 3.71. The van der Waals surface area contributed by atoms with Gasteiger partial charge in [-0.25, -0.2) is 0 Å². The van der Waals surface area contributed by atoms with Crippen LogP contribution in [0.15, 0.2) is 18.2 Å². The predicted octanol–water partition coefficient (Wildman–Crippen LogP) is 3.04. The molecule has 1 aromatic carbocycles. The van der Waals surface area contributed by atoms with Crippen molar-refractivity contribution in [2.45, 2.75) is 45.6 Å². The molecule has 2 rings (SSSR count). The molecule has 1 aromatic rings. The summed E-state index contributed by atoms with van der Waals surface area (Å²) in [6.07, 6.45) is 1.29. The molecule has 0 amide bonds. The average molecular weight is 247 g/mol. The molecule has 1 heterocycles. The minimum atomic E-state index is -0.733. The molecule has 0 radical (unpaired) electrons. The van der Waals surface area contributed by atoms with E-state index in [0.717, 1.165) is 18.5 Å². The van der Waals surface area contributed by atoms with Crippen LogP contribution in [0, 0.1) is 0 Å². The Morgan fingerprint density at radius 2 is 2.11 bits per heavy atom. The average Bonchev–Trinajstić information content (AvgIpc) is 2.70. The summed E-state index contributed by atoms with van der Waals surface area (Å²) in [6, 6.07) is 6.91. The van der Waals surface area contributed by atoms with Crippen molar-refractivity contribution in [3.8, 4) is 0 Å². The number of hydrogen-bond donors (Lipinski definition) is 1. The van der Waals surface area contributed by atoms with Gasteiger partial charge in [0.2, 0.25) is 0 Å². The zero-order valence-electron chi connectivity index (χ0n) is 11.3. The molecule has 0 fully saturated rings. The van der Waals surface area contributed by atoms with Crippen molar-refractivity contribution in [3.05, 3.63) is 29.3 Å². The number of carboxylic acids is 1. The molecule has 3 nitrogen and oxygen atoms in total. The molecule has 0 saturated carbocycles. The van der Waals surface area contributed by atoms with E-state index in [1.54, 1.807) is 0 Å². The second-order valence-electron chi connectivity index (χ2n) is 5.42. The third kappa shape index (κ3) is 2.50. The standard InChI is InChI=1S/C15H21NO2/c1-10(2)16-7-6-12-4-5-13(9-14(12)16)11(3)8-15(17)18/h4-5,9-11H,6-8H2,1-3H3,(H,17,18). The molecule has 0 aromatic heterocycles. The predicted molar refractivity (Wildman–Crippen MR) is 73.3 cm³/mol. The maximum absolute atomic E-state index is 10.8. The number of nitrogens with zero attached hydrogens (tertiary/aromatic N) is 1. The number of carboxylic acid groups (broad SMARTS) is 1. The van der Waals surface area contributed by atoms with Gasteiger partial charge < -0.3 is 10.0 Å². The molecule has 3 heteroatoms. The van der Waals surface area contributed by atoms with Crippen LogP contribution in [0.3, 0.4) is 0 Å². The molecule has 18 heavy (non-hydrogen) atoms. The first-order chi connectivity index (χ1) is 8.49. The fourth-order valence-electron chi connectivity index (χ4n) is 2.64. The summed E-state index contributed by atoms with van der Waals surface area (Å²) in [5.41, 5.74) is 3.80. The zero-order chi connectivity index (χ0) is 13.3. The molecule has 0 saturated heterocycles. The number of hydrogen-bond acceptors (Lipinski definition) is 2. The number of carbonyl (C=O) groups is 1. The monoisotopic (exact) mass is 247 g/mol. The molecule has 1 aliphatic heterocycles. The molecular formula is C15H21NO2. The maximum atomic E-state index is 10.8. The highest BCUT2D eigenvalue weighted by molar-refractivity contribution is 5.68. The van der Waals surface area contributed by atoms with E-state index in [1.807, 2.05) is 6.92 Å². The van der Waals surface area contributed by atoms with Crippen LogP contribution < -0.4 is 4.90 Å². The van der Waals surface area contributed by atoms with Crippen LogP contribution in [0.5, 0.6) is 0 Å². The summed E-state index contributed by atoms with van der Waals surface area (Å²) in [5, 5.41) is 8.87. The van der Waals surface area contributed by atoms with E-state index in [2.05, 4.69) is 36.9 Å². The van der Waals surface area contributed by atoms with Gasteiger partial charge in [-0.3, -0.25) is 4.79 Å². The van der Waals surface area contributed by atoms with Crippen LogP contribution in [0.25, 0.3) is 0 Å². The third-order valence-electron chi connectivity index (χ3n) is 3.71. The van der Waals surface area contributed by atoms with Crippen molar-refractivity contribution in [2.24, 2.45) is 0 Å². The van der Waals surface area contributed by atoms with E-state index < -0.39 is 5.97 Å². The van der Waals surface area contributed by atoms with E-state index in [9.17, 15) is 4.79 Å². The highest BCUT2D eigenvalue weighted by Crippen LogP contribution is 2.33. The molecular weight excluding hydrogens is 226 g/mol. The van der Waals surface area contributed by atoms with Crippen molar-refractivity contribution in [3.63, 3.8) is 0 Å². The lowest BCUT2D eigenvalue weighted by molar-refractivity contribution is -0.137. The Morgan fingerprint density at radius 3 is 2.72 bits per heavy atom. The van der Waals surface area contributed by atoms with Crippen molar-refractivity contribution in [2.75, 3.05) is 11.4 Å². The fourth-order valence-corrected chi connectivity index (χ4v) is 2.64. The topological polar surface area (TPSA) is 40.5 Å². The zero-order valence-corrected chi connectivity index (χ0v) is 11.3. The van der Waals surface area contributed by atoms with Crippen molar-refractivity contribution in [1.82, 2.24) is 0 Å². The molecule has 1 unspecified atom stereocenters. The quantitative estimate of drug-likeness (QED) is 0.889. The Hall–Kier alpha value is -1.51. The van der Waals surface area contributed by atoms with Gasteiger partial charge in [0, 0.05) is 18.3 Å². The van der Waals surface area contributed by atoms with Crippen LogP contribution in [0.1, 0.15) is 44.2 Å². The van der Waals surface area contributed by atoms with Gasteiger partial charge in [-0.15, -0.1) is 0 Å². The van der Waals surface area contributed by atoms with Gasteiger partial charge in [-0.05, 0) is 43.4 Å². The van der Waals surface area contributed by atoms with E-state index in [4.69, 9.17) is 5.11 Å². The number of anilines is 1. The summed E-state index contributed by atoms with van der Waals surface area (Å²) in [5.74, 6) is -0.661. The second kappa shape index (κ2) is 5.01. The number of benzene rings is 1. The van der Waals surface area contributed by atoms with Crippen LogP contribution in [-0.4, -0.2) is 23.7 Å². The molecule has 0 aliphatic carbocycles. The summed E-state index contributed by atoms with van der Waals surface area (Å²) in [7, 11) is 0. The van der Waals surface area contributed by atoms with Crippen LogP contribution >= 0.6 is 0 Å². The summed E-state index contributed by atoms with van der Waals surface area (Å²) in [4.78, 5) is 13.2. The fraction of sp³-hybridized carbons (Fsp3) is 0.533. The van der Waals surface area contributed by atoms with Gasteiger partial charge in [-0.2, -0.15) is 0 Å². The highest BCUT2D eigenvalue weighted by atomic mass is 16.4. The van der Waals surface area contributed by atoms with Gasteiger partial charge in [0.25, 0.3) is 0 Å². The molecule has 98 valence electrons. The minimum absolute atomic E-state index is 0.0717. The van der Waals surface area contributed by atoms with E-state index >= 15 is 0 Å². The van der Waals surface area contributed by atoms with Gasteiger partial charge in [0.15, 0.2) is 0 Å². The molecule has 1 aliphatic rings. The van der Waals surface area contributed by atoms with Crippen LogP contribution in [-0.2, 0) is 11.2 Å². The summed E-state index contributed by atoms with van der Waals surface area (Å²) < 4.78 is 0. The van der Waals surface area contributed by atoms with Gasteiger partial charge in [-0.1, -0.05) is 19.1 Å². The summed E-state index contributed by atoms with van der Waals surface area (Å²) >= 11 is 0. The first-order valence-corrected chi connectivity index (χ1v) is 6.60. The molecule has 0 bridgehead atoms. The van der Waals surface area contributed by atoms with Crippen LogP contribution in [0.4, 0.5) is 5.69 Å². The van der Waals surface area contributed by atoms with Gasteiger partial charge in [0.1, 0.15) is 0 Å². The Bertz CT molecular complexity index is 454. The van der Waals surface area contributed by atoms with Crippen molar-refractivity contribution in [1.29, 1.82) is 0 Å². The Morgan fingerprint density at radius 1 is 1.39 bits per heavy atom. The van der Waals surface area contributed by atoms with E-state index in [-0.39, 0.29) is 12.3 Å². The normalized spacial score (nSPS) is 15.9. The van der Waals surface area contributed by atoms with Crippen molar-refractivity contribution < 1.29 is 9.90 Å². The van der Waals surface area contributed by atoms with Gasteiger partial charge in [0.05, 0.1) is 6.42 Å². The lowest BCUT2D eigenvalue weighted by Gasteiger charge is -2.25. The smallest absolute Gasteiger partial charge is 0.303 e. The van der Waals surface area contributed by atoms with Crippen molar-refractivity contribution >= 4 is 11.7 Å². The first-order valence-electron chi connectivity index (χ1n) is 6.60. The van der Waals surface area contributed by atoms with Gasteiger partial charge >= 0.3 is 5.97 Å². The number of fused-ring (bicyclic) bond motifs is 1. The molecule has 1 atom stereocenters. The Kier molecular flexibility index (Phi) is 3.60. The van der Waals surface area contributed by atoms with Crippen LogP contribution in [0.2, 0.25) is 0 Å². The lowest BCUT2D eigenvalue weighted by atomic mass is 9.96. The van der Waals surface area contributed by atoms with E-state index in [0.29, 0.717) is 6.04 Å². The first kappa shape index (κ1) is 12.9. The SMILES string of the molecule is CC(CC(=O)O)c1ccc2c(c1)N(C(C)C)CC2.